The molecule has 0 aliphatic carbocycles. The third kappa shape index (κ3) is 1.95. The maximum absolute atomic E-state index is 13.3. The van der Waals surface area contributed by atoms with E-state index >= 15 is 0 Å². The van der Waals surface area contributed by atoms with Crippen LogP contribution >= 0.6 is 0 Å². The summed E-state index contributed by atoms with van der Waals surface area (Å²) in [5.41, 5.74) is 0.0231. The molecule has 20 heavy (non-hydrogen) atoms. The van der Waals surface area contributed by atoms with Crippen LogP contribution in [-0.2, 0) is 22.5 Å². The Morgan fingerprint density at radius 3 is 2.50 bits per heavy atom. The van der Waals surface area contributed by atoms with Crippen molar-refractivity contribution < 1.29 is 18.4 Å². The van der Waals surface area contributed by atoms with Gasteiger partial charge in [0.2, 0.25) is 5.88 Å². The van der Waals surface area contributed by atoms with Crippen LogP contribution in [0.15, 0.2) is 0 Å². The summed E-state index contributed by atoms with van der Waals surface area (Å²) in [7, 11) is -0.632. The number of hydrogen-bond acceptors (Lipinski definition) is 4. The second-order valence-electron chi connectivity index (χ2n) is 6.31. The highest BCUT2D eigenvalue weighted by molar-refractivity contribution is 6.63. The third-order valence-corrected chi connectivity index (χ3v) is 4.39. The van der Waals surface area contributed by atoms with Crippen molar-refractivity contribution in [2.45, 2.75) is 58.5 Å². The van der Waals surface area contributed by atoms with Gasteiger partial charge in [0.1, 0.15) is 6.67 Å². The Balaban J connectivity index is 2.01. The van der Waals surface area contributed by atoms with E-state index in [1.807, 2.05) is 27.7 Å². The van der Waals surface area contributed by atoms with Crippen LogP contribution in [0, 0.1) is 0 Å². The lowest BCUT2D eigenvalue weighted by molar-refractivity contribution is 0.00578. The highest BCUT2D eigenvalue weighted by atomic mass is 19.1. The van der Waals surface area contributed by atoms with Crippen LogP contribution in [0.1, 0.15) is 39.8 Å². The van der Waals surface area contributed by atoms with E-state index in [0.717, 1.165) is 13.0 Å². The van der Waals surface area contributed by atoms with Gasteiger partial charge in [0, 0.05) is 13.0 Å². The van der Waals surface area contributed by atoms with E-state index in [0.29, 0.717) is 23.6 Å². The number of nitrogens with zero attached hydrogens (tertiary/aromatic N) is 2. The first-order chi connectivity index (χ1) is 9.36. The topological polar surface area (TPSA) is 45.5 Å². The summed E-state index contributed by atoms with van der Waals surface area (Å²) in [5, 5.41) is 4.27. The molecule has 0 unspecified atom stereocenters. The number of alkyl halides is 1. The molecule has 0 aromatic carbocycles. The van der Waals surface area contributed by atoms with E-state index in [1.165, 1.54) is 0 Å². The van der Waals surface area contributed by atoms with Crippen molar-refractivity contribution in [1.29, 1.82) is 0 Å². The van der Waals surface area contributed by atoms with Gasteiger partial charge in [-0.15, -0.1) is 0 Å². The van der Waals surface area contributed by atoms with E-state index in [-0.39, 0.29) is 0 Å². The van der Waals surface area contributed by atoms with Gasteiger partial charge >= 0.3 is 7.12 Å². The maximum Gasteiger partial charge on any atom is 0.502 e. The lowest BCUT2D eigenvalue weighted by Crippen LogP contribution is -2.41. The Bertz CT molecular complexity index is 514. The normalized spacial score (nSPS) is 23.6. The largest absolute Gasteiger partial charge is 0.502 e. The van der Waals surface area contributed by atoms with Crippen LogP contribution in [0.2, 0.25) is 0 Å². The quantitative estimate of drug-likeness (QED) is 0.770. The van der Waals surface area contributed by atoms with Crippen molar-refractivity contribution >= 4 is 12.6 Å². The Hall–Kier alpha value is -1.08. The molecule has 0 bridgehead atoms. The van der Waals surface area contributed by atoms with Crippen LogP contribution in [0.25, 0.3) is 0 Å². The minimum atomic E-state index is -0.650. The zero-order valence-electron chi connectivity index (χ0n) is 12.4. The van der Waals surface area contributed by atoms with Crippen LogP contribution < -0.4 is 10.2 Å². The highest BCUT2D eigenvalue weighted by Gasteiger charge is 2.54. The second kappa shape index (κ2) is 4.46. The first-order valence-electron chi connectivity index (χ1n) is 7.00. The number of aryl methyl sites for hydroxylation is 1. The average molecular weight is 282 g/mol. The molecule has 2 aliphatic rings. The summed E-state index contributed by atoms with van der Waals surface area (Å²) in [6.07, 6.45) is 0.878. The predicted octanol–water partition coefficient (Wildman–Crippen LogP) is 1.43. The van der Waals surface area contributed by atoms with Gasteiger partial charge in [-0.25, -0.2) is 9.07 Å². The summed E-state index contributed by atoms with van der Waals surface area (Å²) in [4.78, 5) is 0. The van der Waals surface area contributed by atoms with Crippen LogP contribution in [0.5, 0.6) is 5.88 Å². The van der Waals surface area contributed by atoms with Gasteiger partial charge in [0.05, 0.1) is 29.0 Å². The SMILES string of the molecule is CC1(C)OB(c2c(CF)nn3c2OCCC3)OC1(C)C. The molecule has 1 saturated heterocycles. The monoisotopic (exact) mass is 282 g/mol. The zero-order valence-corrected chi connectivity index (χ0v) is 12.4. The molecule has 5 nitrogen and oxygen atoms in total. The number of rotatable bonds is 2. The van der Waals surface area contributed by atoms with Crippen molar-refractivity contribution in [2.75, 3.05) is 6.61 Å². The summed E-state index contributed by atoms with van der Waals surface area (Å²) in [5.74, 6) is 0.586. The zero-order chi connectivity index (χ0) is 14.5. The Labute approximate surface area is 118 Å². The molecule has 1 aromatic heterocycles. The molecule has 1 fully saturated rings. The summed E-state index contributed by atoms with van der Waals surface area (Å²) in [6, 6.07) is 0. The van der Waals surface area contributed by atoms with Crippen molar-refractivity contribution in [3.8, 4) is 5.88 Å². The molecule has 3 heterocycles. The number of halogens is 1. The van der Waals surface area contributed by atoms with E-state index in [2.05, 4.69) is 5.10 Å². The maximum atomic E-state index is 13.3. The van der Waals surface area contributed by atoms with Crippen molar-refractivity contribution in [3.05, 3.63) is 5.69 Å². The van der Waals surface area contributed by atoms with Gasteiger partial charge in [0.25, 0.3) is 0 Å². The summed E-state index contributed by atoms with van der Waals surface area (Å²) >= 11 is 0. The average Bonchev–Trinajstić information content (AvgIpc) is 2.84. The predicted molar refractivity (Wildman–Crippen MR) is 72.9 cm³/mol. The molecule has 2 aliphatic heterocycles. The Morgan fingerprint density at radius 2 is 1.90 bits per heavy atom. The molecule has 110 valence electrons. The number of ether oxygens (including phenoxy) is 1. The van der Waals surface area contributed by atoms with Crippen molar-refractivity contribution in [3.63, 3.8) is 0 Å². The molecule has 0 spiro atoms. The van der Waals surface area contributed by atoms with E-state index in [1.54, 1.807) is 4.68 Å². The number of hydrogen-bond donors (Lipinski definition) is 0. The molecule has 0 N–H and O–H groups in total. The smallest absolute Gasteiger partial charge is 0.478 e. The van der Waals surface area contributed by atoms with Gasteiger partial charge in [-0.2, -0.15) is 5.10 Å². The van der Waals surface area contributed by atoms with Gasteiger partial charge < -0.3 is 14.0 Å². The number of aromatic nitrogens is 2. The molecule has 0 amide bonds. The van der Waals surface area contributed by atoms with E-state index in [9.17, 15) is 4.39 Å². The fourth-order valence-electron chi connectivity index (χ4n) is 2.49. The lowest BCUT2D eigenvalue weighted by atomic mass is 9.78. The van der Waals surface area contributed by atoms with Crippen LogP contribution in [-0.4, -0.2) is 34.7 Å². The second-order valence-corrected chi connectivity index (χ2v) is 6.31. The minimum Gasteiger partial charge on any atom is -0.478 e. The minimum absolute atomic E-state index is 0.348. The number of fused-ring (bicyclic) bond motifs is 1. The first-order valence-corrected chi connectivity index (χ1v) is 7.00. The van der Waals surface area contributed by atoms with Gasteiger partial charge in [-0.05, 0) is 27.7 Å². The molecule has 3 rings (SSSR count). The Kier molecular flexibility index (Phi) is 3.10. The molecular weight excluding hydrogens is 262 g/mol. The van der Waals surface area contributed by atoms with Gasteiger partial charge in [-0.1, -0.05) is 0 Å². The third-order valence-electron chi connectivity index (χ3n) is 4.39. The van der Waals surface area contributed by atoms with Crippen molar-refractivity contribution in [1.82, 2.24) is 9.78 Å². The summed E-state index contributed by atoms with van der Waals surface area (Å²) < 4.78 is 32.6. The fourth-order valence-corrected chi connectivity index (χ4v) is 2.49. The summed E-state index contributed by atoms with van der Waals surface area (Å²) in [6.45, 7) is 8.59. The Morgan fingerprint density at radius 1 is 1.25 bits per heavy atom. The lowest BCUT2D eigenvalue weighted by Gasteiger charge is -2.32. The van der Waals surface area contributed by atoms with Crippen LogP contribution in [0.3, 0.4) is 0 Å². The van der Waals surface area contributed by atoms with Gasteiger partial charge in [-0.3, -0.25) is 0 Å². The molecule has 0 radical (unpaired) electrons. The van der Waals surface area contributed by atoms with Crippen molar-refractivity contribution in [2.24, 2.45) is 0 Å². The van der Waals surface area contributed by atoms with Crippen LogP contribution in [0.4, 0.5) is 4.39 Å². The molecule has 1 aromatic rings. The molecule has 0 atom stereocenters. The van der Waals surface area contributed by atoms with Gasteiger partial charge in [0.15, 0.2) is 0 Å². The molecule has 7 heteroatoms. The van der Waals surface area contributed by atoms with E-state index in [4.69, 9.17) is 14.0 Å². The standard InChI is InChI=1S/C13H20BFN2O3/c1-12(2)13(3,4)20-14(19-12)10-9(8-15)16-17-6-5-7-18-11(10)17/h5-8H2,1-4H3. The first kappa shape index (κ1) is 13.9. The fraction of sp³-hybridized carbons (Fsp3) is 0.769. The molecule has 0 saturated carbocycles. The molecular formula is C13H20BFN2O3. The highest BCUT2D eigenvalue weighted by Crippen LogP contribution is 2.37. The van der Waals surface area contributed by atoms with E-state index < -0.39 is 25.0 Å².